The molecule has 5 nitrogen and oxygen atoms in total. The summed E-state index contributed by atoms with van der Waals surface area (Å²) in [6.45, 7) is 3.58. The van der Waals surface area contributed by atoms with E-state index in [1.807, 2.05) is 37.3 Å². The summed E-state index contributed by atoms with van der Waals surface area (Å²) in [7, 11) is -3.69. The molecule has 1 unspecified atom stereocenters. The van der Waals surface area contributed by atoms with Crippen LogP contribution in [0.2, 0.25) is 0 Å². The first-order valence-electron chi connectivity index (χ1n) is 7.44. The zero-order valence-corrected chi connectivity index (χ0v) is 15.4. The molecule has 0 fully saturated rings. The van der Waals surface area contributed by atoms with E-state index in [1.165, 1.54) is 6.26 Å². The predicted molar refractivity (Wildman–Crippen MR) is 95.3 cm³/mol. The quantitative estimate of drug-likeness (QED) is 0.763. The average Bonchev–Trinajstić information content (AvgIpc) is 2.53. The second-order valence-corrected chi connectivity index (χ2v) is 8.26. The molecule has 2 rings (SSSR count). The van der Waals surface area contributed by atoms with Crippen molar-refractivity contribution in [2.75, 3.05) is 6.26 Å². The van der Waals surface area contributed by atoms with Crippen LogP contribution < -0.4 is 4.72 Å². The molecule has 2 aromatic carbocycles. The van der Waals surface area contributed by atoms with Crippen LogP contribution in [0.15, 0.2) is 59.5 Å². The summed E-state index contributed by atoms with van der Waals surface area (Å²) in [6, 6.07) is 15.1. The fourth-order valence-corrected chi connectivity index (χ4v) is 4.12. The highest BCUT2D eigenvalue weighted by Crippen LogP contribution is 2.24. The van der Waals surface area contributed by atoms with Crippen molar-refractivity contribution >= 4 is 21.5 Å². The molecule has 130 valence electrons. The minimum atomic E-state index is -3.69. The summed E-state index contributed by atoms with van der Waals surface area (Å²) in [4.78, 5) is 0.185. The normalized spacial score (nSPS) is 15.7. The fraction of sp³-hybridized carbons (Fsp3) is 0.294. The first-order valence-corrected chi connectivity index (χ1v) is 10.4. The zero-order chi connectivity index (χ0) is 17.7. The van der Waals surface area contributed by atoms with Crippen LogP contribution in [0.3, 0.4) is 0 Å². The molecule has 0 saturated carbocycles. The van der Waals surface area contributed by atoms with Crippen LogP contribution >= 0.6 is 0 Å². The van der Waals surface area contributed by atoms with Gasteiger partial charge in [0.2, 0.25) is 10.0 Å². The molecule has 0 aliphatic rings. The Kier molecular flexibility index (Phi) is 6.42. The maximum absolute atomic E-state index is 12.5. The molecule has 2 aromatic rings. The van der Waals surface area contributed by atoms with Crippen molar-refractivity contribution in [1.29, 1.82) is 0 Å². The maximum atomic E-state index is 12.5. The molecule has 0 aromatic heterocycles. The molecule has 1 N–H and O–H groups in total. The second-order valence-electron chi connectivity index (χ2n) is 5.55. The summed E-state index contributed by atoms with van der Waals surface area (Å²) in [5, 5.41) is 0. The molecule has 0 amide bonds. The summed E-state index contributed by atoms with van der Waals surface area (Å²) in [6.07, 6.45) is 0.759. The molecule has 0 bridgehead atoms. The topological polar surface area (TPSA) is 78.5 Å². The number of nitrogens with one attached hydrogen (secondary N) is 1. The maximum Gasteiger partial charge on any atom is 0.240 e. The standard InChI is InChI=1S/C17H21NO4S2/c1-13-9-11-16(12-10-13)24(20,21)18-14(2)17(22-23(3)19)15-7-5-4-6-8-15/h4-12,14,17-18H,1-3H3/t14-,17-,23?/m1/s1. The van der Waals surface area contributed by atoms with Crippen LogP contribution in [-0.2, 0) is 25.7 Å². The summed E-state index contributed by atoms with van der Waals surface area (Å²) in [5.74, 6) is 0. The highest BCUT2D eigenvalue weighted by atomic mass is 32.2. The van der Waals surface area contributed by atoms with Crippen molar-refractivity contribution in [2.45, 2.75) is 30.9 Å². The predicted octanol–water partition coefficient (Wildman–Crippen LogP) is 2.71. The van der Waals surface area contributed by atoms with Gasteiger partial charge in [-0.05, 0) is 31.5 Å². The van der Waals surface area contributed by atoms with E-state index < -0.39 is 33.6 Å². The molecule has 0 aliphatic carbocycles. The lowest BCUT2D eigenvalue weighted by Gasteiger charge is -2.24. The number of sulfonamides is 1. The number of hydrogen-bond acceptors (Lipinski definition) is 4. The van der Waals surface area contributed by atoms with Crippen molar-refractivity contribution in [3.63, 3.8) is 0 Å². The van der Waals surface area contributed by atoms with Crippen LogP contribution in [-0.4, -0.2) is 25.3 Å². The molecule has 0 heterocycles. The van der Waals surface area contributed by atoms with Gasteiger partial charge in [0.05, 0.1) is 10.9 Å². The van der Waals surface area contributed by atoms with E-state index in [-0.39, 0.29) is 4.90 Å². The zero-order valence-electron chi connectivity index (χ0n) is 13.8. The lowest BCUT2D eigenvalue weighted by Crippen LogP contribution is -2.38. The van der Waals surface area contributed by atoms with Crippen molar-refractivity contribution in [1.82, 2.24) is 4.72 Å². The van der Waals surface area contributed by atoms with Gasteiger partial charge < -0.3 is 4.55 Å². The first kappa shape index (κ1) is 19.0. The second kappa shape index (κ2) is 8.13. The van der Waals surface area contributed by atoms with Crippen LogP contribution in [0.1, 0.15) is 24.2 Å². The van der Waals surface area contributed by atoms with Gasteiger partial charge >= 0.3 is 0 Å². The van der Waals surface area contributed by atoms with E-state index in [0.717, 1.165) is 11.1 Å². The minimum absolute atomic E-state index is 0.185. The van der Waals surface area contributed by atoms with Crippen molar-refractivity contribution in [2.24, 2.45) is 0 Å². The third kappa shape index (κ3) is 5.06. The largest absolute Gasteiger partial charge is 0.586 e. The Balaban J connectivity index is 2.23. The molecule has 0 saturated heterocycles. The Morgan fingerprint density at radius 3 is 2.21 bits per heavy atom. The van der Waals surface area contributed by atoms with Gasteiger partial charge in [0.25, 0.3) is 0 Å². The van der Waals surface area contributed by atoms with Crippen LogP contribution in [0.4, 0.5) is 0 Å². The third-order valence-electron chi connectivity index (χ3n) is 3.49. The van der Waals surface area contributed by atoms with Gasteiger partial charge in [-0.25, -0.2) is 13.1 Å². The number of benzene rings is 2. The summed E-state index contributed by atoms with van der Waals surface area (Å²) in [5.41, 5.74) is 1.74. The third-order valence-corrected chi connectivity index (χ3v) is 5.55. The Hall–Kier alpha value is -1.38. The molecule has 24 heavy (non-hydrogen) atoms. The average molecular weight is 367 g/mol. The van der Waals surface area contributed by atoms with Crippen molar-refractivity contribution < 1.29 is 17.2 Å². The van der Waals surface area contributed by atoms with E-state index >= 15 is 0 Å². The highest BCUT2D eigenvalue weighted by Gasteiger charge is 2.29. The van der Waals surface area contributed by atoms with E-state index in [0.29, 0.717) is 0 Å². The van der Waals surface area contributed by atoms with Gasteiger partial charge in [-0.15, -0.1) is 0 Å². The van der Waals surface area contributed by atoms with Gasteiger partial charge in [-0.1, -0.05) is 48.0 Å². The van der Waals surface area contributed by atoms with Gasteiger partial charge in [0.15, 0.2) is 6.10 Å². The van der Waals surface area contributed by atoms with Crippen molar-refractivity contribution in [3.8, 4) is 0 Å². The number of rotatable bonds is 7. The monoisotopic (exact) mass is 367 g/mol. The lowest BCUT2D eigenvalue weighted by molar-refractivity contribution is 0.182. The van der Waals surface area contributed by atoms with Crippen LogP contribution in [0, 0.1) is 6.92 Å². The van der Waals surface area contributed by atoms with Gasteiger partial charge in [-0.3, -0.25) is 0 Å². The van der Waals surface area contributed by atoms with Crippen LogP contribution in [0.25, 0.3) is 0 Å². The fourth-order valence-electron chi connectivity index (χ4n) is 2.31. The van der Waals surface area contributed by atoms with E-state index in [2.05, 4.69) is 4.72 Å². The Labute approximate surface area is 146 Å². The molecule has 0 aliphatic heterocycles. The molecule has 0 spiro atoms. The van der Waals surface area contributed by atoms with Gasteiger partial charge in [-0.2, -0.15) is 4.18 Å². The summed E-state index contributed by atoms with van der Waals surface area (Å²) >= 11 is -1.53. The van der Waals surface area contributed by atoms with Crippen molar-refractivity contribution in [3.05, 3.63) is 65.7 Å². The van der Waals surface area contributed by atoms with Gasteiger partial charge in [0.1, 0.15) is 17.7 Å². The SMILES string of the molecule is Cc1ccc(S(=O)(=O)N[C@H](C)[C@@H](O[S+](C)[O-])c2ccccc2)cc1. The Morgan fingerprint density at radius 2 is 1.67 bits per heavy atom. The van der Waals surface area contributed by atoms with E-state index in [4.69, 9.17) is 4.18 Å². The Morgan fingerprint density at radius 1 is 1.08 bits per heavy atom. The Bertz CT molecular complexity index is 746. The van der Waals surface area contributed by atoms with Gasteiger partial charge in [0, 0.05) is 0 Å². The van der Waals surface area contributed by atoms with Crippen LogP contribution in [0.5, 0.6) is 0 Å². The highest BCUT2D eigenvalue weighted by molar-refractivity contribution is 7.89. The van der Waals surface area contributed by atoms with E-state index in [9.17, 15) is 13.0 Å². The molecular formula is C17H21NO4S2. The minimum Gasteiger partial charge on any atom is -0.586 e. The number of aryl methyl sites for hydroxylation is 1. The molecule has 3 atom stereocenters. The first-order chi connectivity index (χ1) is 11.3. The molecular weight excluding hydrogens is 346 g/mol. The molecule has 0 radical (unpaired) electrons. The smallest absolute Gasteiger partial charge is 0.240 e. The van der Waals surface area contributed by atoms with E-state index in [1.54, 1.807) is 31.2 Å². The summed E-state index contributed by atoms with van der Waals surface area (Å²) < 4.78 is 44.6. The number of hydrogen-bond donors (Lipinski definition) is 1. The molecule has 7 heteroatoms. The lowest BCUT2D eigenvalue weighted by atomic mass is 10.0.